The van der Waals surface area contributed by atoms with Gasteiger partial charge in [-0.05, 0) is 41.8 Å². The van der Waals surface area contributed by atoms with Crippen molar-refractivity contribution in [1.82, 2.24) is 4.98 Å². The first-order valence-corrected chi connectivity index (χ1v) is 6.54. The quantitative estimate of drug-likeness (QED) is 0.910. The maximum absolute atomic E-state index is 10.7. The maximum Gasteiger partial charge on any atom is 0.125 e. The van der Waals surface area contributed by atoms with E-state index < -0.39 is 6.10 Å². The van der Waals surface area contributed by atoms with E-state index in [2.05, 4.69) is 4.98 Å². The van der Waals surface area contributed by atoms with E-state index in [1.54, 1.807) is 38.7 Å². The second-order valence-electron chi connectivity index (χ2n) is 4.44. The van der Waals surface area contributed by atoms with Crippen LogP contribution in [0.25, 0.3) is 0 Å². The van der Waals surface area contributed by atoms with Crippen LogP contribution >= 0.6 is 0 Å². The Morgan fingerprint density at radius 3 is 2.60 bits per heavy atom. The fourth-order valence-corrected chi connectivity index (χ4v) is 2.22. The summed E-state index contributed by atoms with van der Waals surface area (Å²) in [4.78, 5) is 4.10. The van der Waals surface area contributed by atoms with Crippen molar-refractivity contribution in [2.24, 2.45) is 0 Å². The van der Waals surface area contributed by atoms with E-state index in [0.29, 0.717) is 17.1 Å². The molecular weight excluding hydrogens is 254 g/mol. The molecule has 1 unspecified atom stereocenters. The highest BCUT2D eigenvalue weighted by Crippen LogP contribution is 2.34. The number of rotatable bonds is 5. The molecule has 4 heteroatoms. The zero-order valence-corrected chi connectivity index (χ0v) is 12.0. The van der Waals surface area contributed by atoms with Crippen LogP contribution in [0.3, 0.4) is 0 Å². The fourth-order valence-electron chi connectivity index (χ4n) is 2.22. The highest BCUT2D eigenvalue weighted by atomic mass is 16.5. The first-order chi connectivity index (χ1) is 9.71. The largest absolute Gasteiger partial charge is 0.497 e. The van der Waals surface area contributed by atoms with Crippen LogP contribution in [0, 0.1) is 0 Å². The summed E-state index contributed by atoms with van der Waals surface area (Å²) in [5, 5.41) is 10.7. The molecule has 2 rings (SSSR count). The number of aliphatic hydroxyl groups is 1. The lowest BCUT2D eigenvalue weighted by Crippen LogP contribution is -2.06. The van der Waals surface area contributed by atoms with E-state index in [1.165, 1.54) is 0 Å². The van der Waals surface area contributed by atoms with Crippen LogP contribution in [-0.4, -0.2) is 24.3 Å². The monoisotopic (exact) mass is 273 g/mol. The molecule has 1 aromatic heterocycles. The van der Waals surface area contributed by atoms with E-state index >= 15 is 0 Å². The molecule has 2 aromatic rings. The van der Waals surface area contributed by atoms with Crippen LogP contribution in [0.4, 0.5) is 0 Å². The molecule has 0 fully saturated rings. The second kappa shape index (κ2) is 6.39. The molecule has 0 bridgehead atoms. The molecule has 1 heterocycles. The molecule has 1 atom stereocenters. The van der Waals surface area contributed by atoms with Crippen molar-refractivity contribution in [2.75, 3.05) is 14.2 Å². The number of benzene rings is 1. The average molecular weight is 273 g/mol. The molecular formula is C16H19NO3. The van der Waals surface area contributed by atoms with Crippen molar-refractivity contribution in [3.63, 3.8) is 0 Å². The Hall–Kier alpha value is -2.07. The van der Waals surface area contributed by atoms with Crippen LogP contribution in [0.5, 0.6) is 11.5 Å². The number of nitrogens with zero attached hydrogens (tertiary/aromatic N) is 1. The van der Waals surface area contributed by atoms with Crippen molar-refractivity contribution in [2.45, 2.75) is 19.4 Å². The normalized spacial score (nSPS) is 12.0. The van der Waals surface area contributed by atoms with E-state index in [0.717, 1.165) is 17.5 Å². The number of methoxy groups -OCH3 is 2. The van der Waals surface area contributed by atoms with Gasteiger partial charge in [0.1, 0.15) is 17.6 Å². The number of aromatic nitrogens is 1. The molecule has 0 aliphatic heterocycles. The van der Waals surface area contributed by atoms with Crippen LogP contribution in [0.1, 0.15) is 29.7 Å². The lowest BCUT2D eigenvalue weighted by atomic mass is 9.96. The third kappa shape index (κ3) is 2.75. The lowest BCUT2D eigenvalue weighted by molar-refractivity contribution is 0.213. The molecule has 0 aliphatic carbocycles. The van der Waals surface area contributed by atoms with Crippen molar-refractivity contribution in [1.29, 1.82) is 0 Å². The Morgan fingerprint density at radius 1 is 1.15 bits per heavy atom. The van der Waals surface area contributed by atoms with Crippen molar-refractivity contribution in [3.05, 3.63) is 53.3 Å². The predicted molar refractivity (Wildman–Crippen MR) is 77.2 cm³/mol. The fraction of sp³-hybridized carbons (Fsp3) is 0.312. The summed E-state index contributed by atoms with van der Waals surface area (Å²) in [5.74, 6) is 1.32. The summed E-state index contributed by atoms with van der Waals surface area (Å²) in [7, 11) is 3.19. The number of ether oxygens (including phenoxy) is 2. The Kier molecular flexibility index (Phi) is 4.58. The molecule has 0 saturated heterocycles. The first kappa shape index (κ1) is 14.3. The van der Waals surface area contributed by atoms with E-state index in [1.807, 2.05) is 19.1 Å². The number of hydrogen-bond acceptors (Lipinski definition) is 4. The van der Waals surface area contributed by atoms with Gasteiger partial charge in [-0.1, -0.05) is 6.92 Å². The molecule has 1 aromatic carbocycles. The molecule has 4 nitrogen and oxygen atoms in total. The Bertz CT molecular complexity index is 584. The Balaban J connectivity index is 2.49. The van der Waals surface area contributed by atoms with Gasteiger partial charge in [-0.3, -0.25) is 4.98 Å². The molecule has 20 heavy (non-hydrogen) atoms. The van der Waals surface area contributed by atoms with Gasteiger partial charge in [-0.15, -0.1) is 0 Å². The minimum absolute atomic E-state index is 0.636. The Labute approximate surface area is 119 Å². The Morgan fingerprint density at radius 2 is 1.95 bits per heavy atom. The van der Waals surface area contributed by atoms with E-state index in [9.17, 15) is 5.11 Å². The highest BCUT2D eigenvalue weighted by Gasteiger charge is 2.18. The van der Waals surface area contributed by atoms with Crippen LogP contribution in [-0.2, 0) is 6.42 Å². The standard InChI is InChI=1S/C16H19NO3/c1-4-11-10-17-8-7-13(11)16(18)14-9-12(19-2)5-6-15(14)20-3/h5-10,16,18H,4H2,1-3H3. The topological polar surface area (TPSA) is 51.6 Å². The van der Waals surface area contributed by atoms with Gasteiger partial charge >= 0.3 is 0 Å². The minimum atomic E-state index is -0.766. The lowest BCUT2D eigenvalue weighted by Gasteiger charge is -2.18. The summed E-state index contributed by atoms with van der Waals surface area (Å²) in [6.07, 6.45) is 3.51. The smallest absolute Gasteiger partial charge is 0.125 e. The van der Waals surface area contributed by atoms with Gasteiger partial charge in [0, 0.05) is 18.0 Å². The third-order valence-corrected chi connectivity index (χ3v) is 3.35. The van der Waals surface area contributed by atoms with Gasteiger partial charge in [-0.25, -0.2) is 0 Å². The zero-order valence-electron chi connectivity index (χ0n) is 12.0. The number of hydrogen-bond donors (Lipinski definition) is 1. The molecule has 0 aliphatic rings. The average Bonchev–Trinajstić information content (AvgIpc) is 2.53. The zero-order chi connectivity index (χ0) is 14.5. The molecule has 0 amide bonds. The van der Waals surface area contributed by atoms with Gasteiger partial charge in [0.15, 0.2) is 0 Å². The van der Waals surface area contributed by atoms with Crippen LogP contribution in [0.2, 0.25) is 0 Å². The highest BCUT2D eigenvalue weighted by molar-refractivity contribution is 5.46. The summed E-state index contributed by atoms with van der Waals surface area (Å²) >= 11 is 0. The molecule has 1 N–H and O–H groups in total. The molecule has 106 valence electrons. The van der Waals surface area contributed by atoms with Gasteiger partial charge in [0.2, 0.25) is 0 Å². The van der Waals surface area contributed by atoms with Crippen molar-refractivity contribution >= 4 is 0 Å². The van der Waals surface area contributed by atoms with E-state index in [-0.39, 0.29) is 0 Å². The van der Waals surface area contributed by atoms with Gasteiger partial charge < -0.3 is 14.6 Å². The predicted octanol–water partition coefficient (Wildman–Crippen LogP) is 2.74. The van der Waals surface area contributed by atoms with Crippen LogP contribution in [0.15, 0.2) is 36.7 Å². The van der Waals surface area contributed by atoms with Crippen LogP contribution < -0.4 is 9.47 Å². The number of aryl methyl sites for hydroxylation is 1. The summed E-state index contributed by atoms with van der Waals surface area (Å²) in [6, 6.07) is 7.23. The minimum Gasteiger partial charge on any atom is -0.497 e. The SMILES string of the molecule is CCc1cnccc1C(O)c1cc(OC)ccc1OC. The number of aliphatic hydroxyl groups excluding tert-OH is 1. The maximum atomic E-state index is 10.7. The van der Waals surface area contributed by atoms with Gasteiger partial charge in [-0.2, -0.15) is 0 Å². The van der Waals surface area contributed by atoms with Crippen molar-refractivity contribution < 1.29 is 14.6 Å². The van der Waals surface area contributed by atoms with Gasteiger partial charge in [0.05, 0.1) is 14.2 Å². The van der Waals surface area contributed by atoms with Gasteiger partial charge in [0.25, 0.3) is 0 Å². The molecule has 0 spiro atoms. The summed E-state index contributed by atoms with van der Waals surface area (Å²) in [5.41, 5.74) is 2.55. The summed E-state index contributed by atoms with van der Waals surface area (Å²) < 4.78 is 10.5. The van der Waals surface area contributed by atoms with Crippen molar-refractivity contribution in [3.8, 4) is 11.5 Å². The van der Waals surface area contributed by atoms with E-state index in [4.69, 9.17) is 9.47 Å². The summed E-state index contributed by atoms with van der Waals surface area (Å²) in [6.45, 7) is 2.04. The second-order valence-corrected chi connectivity index (χ2v) is 4.44. The molecule has 0 radical (unpaired) electrons. The third-order valence-electron chi connectivity index (χ3n) is 3.35. The first-order valence-electron chi connectivity index (χ1n) is 6.54. The molecule has 0 saturated carbocycles. The number of pyridine rings is 1.